The fourth-order valence-corrected chi connectivity index (χ4v) is 4.40. The van der Waals surface area contributed by atoms with Crippen LogP contribution in [0.2, 0.25) is 0 Å². The summed E-state index contributed by atoms with van der Waals surface area (Å²) in [4.78, 5) is 0.845. The molecule has 2 N–H and O–H groups in total. The number of rotatable bonds is 6. The lowest BCUT2D eigenvalue weighted by atomic mass is 10.1. The Hall–Kier alpha value is -1.41. The Kier molecular flexibility index (Phi) is 5.46. The van der Waals surface area contributed by atoms with Gasteiger partial charge in [-0.25, -0.2) is 13.1 Å². The van der Waals surface area contributed by atoms with Crippen LogP contribution in [0.25, 0.3) is 0 Å². The molecule has 0 aliphatic rings. The van der Waals surface area contributed by atoms with Crippen LogP contribution in [0.3, 0.4) is 0 Å². The first-order chi connectivity index (χ1) is 10.8. The van der Waals surface area contributed by atoms with Gasteiger partial charge in [0.1, 0.15) is 16.7 Å². The summed E-state index contributed by atoms with van der Waals surface area (Å²) in [5.74, 6) is 0.294. The van der Waals surface area contributed by atoms with Gasteiger partial charge in [0.15, 0.2) is 0 Å². The molecule has 0 saturated carbocycles. The minimum atomic E-state index is -3.77. The zero-order valence-electron chi connectivity index (χ0n) is 13.6. The summed E-state index contributed by atoms with van der Waals surface area (Å²) in [6.45, 7) is 5.54. The second-order valence-corrected chi connectivity index (χ2v) is 8.11. The third-order valence-electron chi connectivity index (χ3n) is 3.74. The Morgan fingerprint density at radius 2 is 1.87 bits per heavy atom. The predicted octanol–water partition coefficient (Wildman–Crippen LogP) is 2.69. The van der Waals surface area contributed by atoms with Crippen molar-refractivity contribution in [2.75, 3.05) is 13.7 Å². The summed E-state index contributed by atoms with van der Waals surface area (Å²) in [7, 11) is -2.33. The minimum absolute atomic E-state index is 0.0817. The van der Waals surface area contributed by atoms with Crippen molar-refractivity contribution < 1.29 is 18.3 Å². The molecule has 1 atom stereocenters. The second kappa shape index (κ2) is 7.00. The maximum absolute atomic E-state index is 12.5. The van der Waals surface area contributed by atoms with Crippen LogP contribution in [0.5, 0.6) is 5.75 Å². The normalized spacial score (nSPS) is 13.1. The maximum Gasteiger partial charge on any atom is 0.244 e. The van der Waals surface area contributed by atoms with E-state index in [4.69, 9.17) is 4.74 Å². The predicted molar refractivity (Wildman–Crippen MR) is 91.7 cm³/mol. The molecule has 2 rings (SSSR count). The molecule has 0 bridgehead atoms. The van der Waals surface area contributed by atoms with Gasteiger partial charge in [-0.1, -0.05) is 0 Å². The van der Waals surface area contributed by atoms with Crippen molar-refractivity contribution in [2.45, 2.75) is 31.8 Å². The molecule has 1 aromatic carbocycles. The smallest absolute Gasteiger partial charge is 0.244 e. The molecule has 5 nitrogen and oxygen atoms in total. The lowest BCUT2D eigenvalue weighted by molar-refractivity contribution is 0.185. The van der Waals surface area contributed by atoms with Crippen LogP contribution in [0.15, 0.2) is 28.5 Å². The molecule has 0 saturated heterocycles. The van der Waals surface area contributed by atoms with Crippen LogP contribution in [-0.4, -0.2) is 27.2 Å². The molecule has 1 aromatic heterocycles. The van der Waals surface area contributed by atoms with E-state index in [1.807, 2.05) is 32.2 Å². The lowest BCUT2D eigenvalue weighted by Gasteiger charge is -2.15. The fraction of sp³-hybridized carbons (Fsp3) is 0.375. The average Bonchev–Trinajstić information content (AvgIpc) is 2.93. The lowest BCUT2D eigenvalue weighted by Crippen LogP contribution is -2.29. The largest absolute Gasteiger partial charge is 0.495 e. The van der Waals surface area contributed by atoms with E-state index in [1.165, 1.54) is 18.4 Å². The summed E-state index contributed by atoms with van der Waals surface area (Å²) in [5, 5.41) is 12.0. The maximum atomic E-state index is 12.5. The van der Waals surface area contributed by atoms with E-state index >= 15 is 0 Å². The van der Waals surface area contributed by atoms with E-state index in [2.05, 4.69) is 4.72 Å². The van der Waals surface area contributed by atoms with Crippen LogP contribution in [0.1, 0.15) is 27.7 Å². The van der Waals surface area contributed by atoms with Crippen molar-refractivity contribution in [3.8, 4) is 5.75 Å². The summed E-state index contributed by atoms with van der Waals surface area (Å²) in [5.41, 5.74) is 2.77. The molecule has 23 heavy (non-hydrogen) atoms. The highest BCUT2D eigenvalue weighted by Gasteiger charge is 2.22. The molecule has 1 heterocycles. The number of aliphatic hydroxyl groups excluding tert-OH is 1. The zero-order chi connectivity index (χ0) is 17.2. The average molecular weight is 355 g/mol. The van der Waals surface area contributed by atoms with E-state index in [-0.39, 0.29) is 11.4 Å². The quantitative estimate of drug-likeness (QED) is 0.835. The monoisotopic (exact) mass is 355 g/mol. The molecule has 0 radical (unpaired) electrons. The van der Waals surface area contributed by atoms with Gasteiger partial charge in [-0.05, 0) is 61.0 Å². The molecule has 0 aliphatic heterocycles. The third kappa shape index (κ3) is 3.92. The third-order valence-corrected chi connectivity index (χ3v) is 6.31. The van der Waals surface area contributed by atoms with Crippen molar-refractivity contribution in [1.29, 1.82) is 0 Å². The Morgan fingerprint density at radius 1 is 1.22 bits per heavy atom. The Labute approximate surface area is 141 Å². The molecule has 0 amide bonds. The van der Waals surface area contributed by atoms with Gasteiger partial charge in [-0.15, -0.1) is 11.3 Å². The van der Waals surface area contributed by atoms with Gasteiger partial charge in [0, 0.05) is 11.4 Å². The van der Waals surface area contributed by atoms with Crippen LogP contribution in [0.4, 0.5) is 0 Å². The second-order valence-electron chi connectivity index (χ2n) is 5.42. The van der Waals surface area contributed by atoms with Gasteiger partial charge in [0.05, 0.1) is 7.11 Å². The number of thiophene rings is 1. The highest BCUT2D eigenvalue weighted by molar-refractivity contribution is 7.89. The number of ether oxygens (including phenoxy) is 1. The number of sulfonamides is 1. The molecule has 126 valence electrons. The number of methoxy groups -OCH3 is 1. The van der Waals surface area contributed by atoms with Gasteiger partial charge >= 0.3 is 0 Å². The molecule has 1 unspecified atom stereocenters. The van der Waals surface area contributed by atoms with E-state index in [0.29, 0.717) is 5.75 Å². The first-order valence-electron chi connectivity index (χ1n) is 7.13. The van der Waals surface area contributed by atoms with Crippen molar-refractivity contribution in [3.05, 3.63) is 45.1 Å². The Morgan fingerprint density at radius 3 is 2.43 bits per heavy atom. The van der Waals surface area contributed by atoms with Crippen molar-refractivity contribution in [2.24, 2.45) is 0 Å². The summed E-state index contributed by atoms with van der Waals surface area (Å²) in [6, 6.07) is 5.17. The molecule has 2 aromatic rings. The van der Waals surface area contributed by atoms with E-state index in [1.54, 1.807) is 12.1 Å². The van der Waals surface area contributed by atoms with Crippen molar-refractivity contribution in [3.63, 3.8) is 0 Å². The fourth-order valence-electron chi connectivity index (χ4n) is 2.22. The SMILES string of the molecule is COc1cc(C)c(C)cc1S(=O)(=O)NCC(O)c1sccc1C. The number of aliphatic hydroxyl groups is 1. The summed E-state index contributed by atoms with van der Waals surface area (Å²) >= 11 is 1.41. The number of hydrogen-bond donors (Lipinski definition) is 2. The number of aryl methyl sites for hydroxylation is 3. The van der Waals surface area contributed by atoms with E-state index in [0.717, 1.165) is 21.6 Å². The molecule has 0 spiro atoms. The highest BCUT2D eigenvalue weighted by Crippen LogP contribution is 2.28. The highest BCUT2D eigenvalue weighted by atomic mass is 32.2. The Bertz CT molecular complexity index is 796. The minimum Gasteiger partial charge on any atom is -0.495 e. The zero-order valence-corrected chi connectivity index (χ0v) is 15.2. The van der Waals surface area contributed by atoms with Gasteiger partial charge in [-0.3, -0.25) is 0 Å². The molecule has 7 heteroatoms. The van der Waals surface area contributed by atoms with Crippen LogP contribution < -0.4 is 9.46 Å². The topological polar surface area (TPSA) is 75.6 Å². The number of nitrogens with one attached hydrogen (secondary N) is 1. The Balaban J connectivity index is 2.23. The van der Waals surface area contributed by atoms with Gasteiger partial charge in [0.2, 0.25) is 10.0 Å². The molecule has 0 aliphatic carbocycles. The standard InChI is InChI=1S/C16H21NO4S2/c1-10-5-6-22-16(10)13(18)9-17-23(19,20)15-8-12(3)11(2)7-14(15)21-4/h5-8,13,17-18H,9H2,1-4H3. The van der Waals surface area contributed by atoms with Crippen molar-refractivity contribution in [1.82, 2.24) is 4.72 Å². The van der Waals surface area contributed by atoms with Crippen LogP contribution in [0, 0.1) is 20.8 Å². The summed E-state index contributed by atoms with van der Waals surface area (Å²) < 4.78 is 32.7. The van der Waals surface area contributed by atoms with Crippen molar-refractivity contribution >= 4 is 21.4 Å². The molecular weight excluding hydrogens is 334 g/mol. The number of hydrogen-bond acceptors (Lipinski definition) is 5. The number of benzene rings is 1. The van der Waals surface area contributed by atoms with E-state index < -0.39 is 16.1 Å². The summed E-state index contributed by atoms with van der Waals surface area (Å²) in [6.07, 6.45) is -0.873. The van der Waals surface area contributed by atoms with Crippen LogP contribution >= 0.6 is 11.3 Å². The van der Waals surface area contributed by atoms with Gasteiger partial charge < -0.3 is 9.84 Å². The van der Waals surface area contributed by atoms with E-state index in [9.17, 15) is 13.5 Å². The van der Waals surface area contributed by atoms with Crippen LogP contribution in [-0.2, 0) is 10.0 Å². The first-order valence-corrected chi connectivity index (χ1v) is 9.49. The molecule has 0 fully saturated rings. The van der Waals surface area contributed by atoms with Gasteiger partial charge in [0.25, 0.3) is 0 Å². The molecular formula is C16H21NO4S2. The first kappa shape index (κ1) is 17.9. The van der Waals surface area contributed by atoms with Gasteiger partial charge in [-0.2, -0.15) is 0 Å².